The molecule has 10 heteroatoms. The molecular weight excluding hydrogens is 431 g/mol. The standard InChI is InChI=1S/C22H19FN6O2S/c1-4-16(20(30)27-19-14(9-24)10-26-28(19)3)29-11-25-21-18(22(29)31)17(12(2)32-21)13-5-7-15(23)8-6-13/h5-8,10-11,16H,4H2,1-3H3,(H,27,30). The topological polar surface area (TPSA) is 106 Å². The molecule has 32 heavy (non-hydrogen) atoms. The van der Waals surface area contributed by atoms with E-state index < -0.39 is 11.9 Å². The van der Waals surface area contributed by atoms with Gasteiger partial charge < -0.3 is 5.32 Å². The van der Waals surface area contributed by atoms with Crippen LogP contribution in [-0.2, 0) is 11.8 Å². The molecule has 0 saturated carbocycles. The molecule has 0 bridgehead atoms. The van der Waals surface area contributed by atoms with Crippen LogP contribution in [0.25, 0.3) is 21.3 Å². The van der Waals surface area contributed by atoms with E-state index in [1.807, 2.05) is 13.0 Å². The maximum absolute atomic E-state index is 13.5. The first-order valence-electron chi connectivity index (χ1n) is 9.84. The third-order valence-corrected chi connectivity index (χ3v) is 6.29. The molecular formula is C22H19FN6O2S. The number of carbonyl (C=O) groups is 1. The van der Waals surface area contributed by atoms with Gasteiger partial charge in [-0.15, -0.1) is 11.3 Å². The first-order valence-corrected chi connectivity index (χ1v) is 10.7. The third kappa shape index (κ3) is 3.56. The van der Waals surface area contributed by atoms with Crippen LogP contribution >= 0.6 is 11.3 Å². The molecule has 0 fully saturated rings. The van der Waals surface area contributed by atoms with Crippen molar-refractivity contribution < 1.29 is 9.18 Å². The molecule has 1 atom stereocenters. The highest BCUT2D eigenvalue weighted by Crippen LogP contribution is 2.35. The number of aromatic nitrogens is 4. The lowest BCUT2D eigenvalue weighted by atomic mass is 10.0. The number of aryl methyl sites for hydroxylation is 2. The lowest BCUT2D eigenvalue weighted by molar-refractivity contribution is -0.119. The number of benzene rings is 1. The van der Waals surface area contributed by atoms with E-state index in [1.165, 1.54) is 45.2 Å². The van der Waals surface area contributed by atoms with E-state index in [-0.39, 0.29) is 22.8 Å². The van der Waals surface area contributed by atoms with Gasteiger partial charge in [0.25, 0.3) is 5.56 Å². The van der Waals surface area contributed by atoms with Gasteiger partial charge in [0.1, 0.15) is 34.1 Å². The van der Waals surface area contributed by atoms with Gasteiger partial charge in [0, 0.05) is 17.5 Å². The first kappa shape index (κ1) is 21.4. The monoisotopic (exact) mass is 450 g/mol. The normalized spacial score (nSPS) is 12.0. The van der Waals surface area contributed by atoms with Crippen molar-refractivity contribution in [1.82, 2.24) is 19.3 Å². The minimum absolute atomic E-state index is 0.226. The molecule has 1 aromatic carbocycles. The molecule has 1 amide bonds. The van der Waals surface area contributed by atoms with Crippen LogP contribution in [0.2, 0.25) is 0 Å². The van der Waals surface area contributed by atoms with Gasteiger partial charge in [0.2, 0.25) is 5.91 Å². The predicted octanol–water partition coefficient (Wildman–Crippen LogP) is 3.77. The van der Waals surface area contributed by atoms with Crippen molar-refractivity contribution in [2.24, 2.45) is 7.05 Å². The zero-order chi connectivity index (χ0) is 23.0. The Morgan fingerprint density at radius 2 is 2.06 bits per heavy atom. The molecule has 0 aliphatic heterocycles. The van der Waals surface area contributed by atoms with Crippen LogP contribution in [0.4, 0.5) is 10.2 Å². The van der Waals surface area contributed by atoms with E-state index in [1.54, 1.807) is 26.1 Å². The molecule has 4 aromatic rings. The lowest BCUT2D eigenvalue weighted by Gasteiger charge is -2.18. The summed E-state index contributed by atoms with van der Waals surface area (Å²) in [4.78, 5) is 32.4. The maximum Gasteiger partial charge on any atom is 0.263 e. The van der Waals surface area contributed by atoms with E-state index in [0.29, 0.717) is 27.8 Å². The van der Waals surface area contributed by atoms with Crippen LogP contribution in [0.1, 0.15) is 29.8 Å². The zero-order valence-corrected chi connectivity index (χ0v) is 18.4. The molecule has 0 radical (unpaired) electrons. The summed E-state index contributed by atoms with van der Waals surface area (Å²) in [7, 11) is 1.61. The Hall–Kier alpha value is -3.84. The number of nitrogens with zero attached hydrogens (tertiary/aromatic N) is 5. The van der Waals surface area contributed by atoms with E-state index in [4.69, 9.17) is 0 Å². The number of halogens is 1. The smallest absolute Gasteiger partial charge is 0.263 e. The summed E-state index contributed by atoms with van der Waals surface area (Å²) < 4.78 is 16.1. The highest BCUT2D eigenvalue weighted by Gasteiger charge is 2.25. The van der Waals surface area contributed by atoms with Gasteiger partial charge in [-0.05, 0) is 31.0 Å². The van der Waals surface area contributed by atoms with E-state index in [9.17, 15) is 19.2 Å². The van der Waals surface area contributed by atoms with Gasteiger partial charge in [-0.3, -0.25) is 18.8 Å². The number of thiophene rings is 1. The van der Waals surface area contributed by atoms with Crippen LogP contribution in [0.5, 0.6) is 0 Å². The Kier molecular flexibility index (Phi) is 5.59. The van der Waals surface area contributed by atoms with Crippen molar-refractivity contribution in [3.05, 3.63) is 63.4 Å². The first-order chi connectivity index (χ1) is 15.3. The molecule has 4 rings (SSSR count). The van der Waals surface area contributed by atoms with Gasteiger partial charge in [-0.1, -0.05) is 19.1 Å². The van der Waals surface area contributed by atoms with Gasteiger partial charge in [0.15, 0.2) is 0 Å². The molecule has 0 aliphatic rings. The number of fused-ring (bicyclic) bond motifs is 1. The van der Waals surface area contributed by atoms with Crippen molar-refractivity contribution in [1.29, 1.82) is 5.26 Å². The molecule has 8 nitrogen and oxygen atoms in total. The molecule has 162 valence electrons. The number of anilines is 1. The SMILES string of the molecule is CCC(C(=O)Nc1c(C#N)cnn1C)n1cnc2sc(C)c(-c3ccc(F)cc3)c2c1=O. The Morgan fingerprint density at radius 3 is 2.72 bits per heavy atom. The van der Waals surface area contributed by atoms with Crippen molar-refractivity contribution in [3.63, 3.8) is 0 Å². The third-order valence-electron chi connectivity index (χ3n) is 5.27. The molecule has 3 heterocycles. The fraction of sp³-hybridized carbons (Fsp3) is 0.227. The minimum Gasteiger partial charge on any atom is -0.308 e. The van der Waals surface area contributed by atoms with Crippen molar-refractivity contribution in [2.45, 2.75) is 26.3 Å². The van der Waals surface area contributed by atoms with Gasteiger partial charge >= 0.3 is 0 Å². The number of carbonyl (C=O) groups excluding carboxylic acids is 1. The summed E-state index contributed by atoms with van der Waals surface area (Å²) in [6, 6.07) is 7.07. The van der Waals surface area contributed by atoms with E-state index in [2.05, 4.69) is 15.4 Å². The highest BCUT2D eigenvalue weighted by atomic mass is 32.1. The average Bonchev–Trinajstić information content (AvgIpc) is 3.30. The molecule has 1 N–H and O–H groups in total. The summed E-state index contributed by atoms with van der Waals surface area (Å²) in [6.45, 7) is 3.67. The number of amides is 1. The number of nitriles is 1. The summed E-state index contributed by atoms with van der Waals surface area (Å²) in [5, 5.41) is 16.3. The molecule has 1 unspecified atom stereocenters. The van der Waals surface area contributed by atoms with Crippen molar-refractivity contribution >= 4 is 33.3 Å². The number of nitrogens with one attached hydrogen (secondary N) is 1. The van der Waals surface area contributed by atoms with Crippen molar-refractivity contribution in [3.8, 4) is 17.2 Å². The lowest BCUT2D eigenvalue weighted by Crippen LogP contribution is -2.33. The van der Waals surface area contributed by atoms with Gasteiger partial charge in [-0.25, -0.2) is 9.37 Å². The summed E-state index contributed by atoms with van der Waals surface area (Å²) in [5.41, 5.74) is 1.26. The highest BCUT2D eigenvalue weighted by molar-refractivity contribution is 7.19. The minimum atomic E-state index is -0.845. The Labute approximate surface area is 186 Å². The summed E-state index contributed by atoms with van der Waals surface area (Å²) in [6.07, 6.45) is 3.06. The predicted molar refractivity (Wildman–Crippen MR) is 120 cm³/mol. The second-order valence-electron chi connectivity index (χ2n) is 7.23. The zero-order valence-electron chi connectivity index (χ0n) is 17.6. The maximum atomic E-state index is 13.5. The van der Waals surface area contributed by atoms with Crippen molar-refractivity contribution in [2.75, 3.05) is 5.32 Å². The molecule has 3 aromatic heterocycles. The van der Waals surface area contributed by atoms with Gasteiger partial charge in [-0.2, -0.15) is 10.4 Å². The summed E-state index contributed by atoms with van der Waals surface area (Å²) in [5.74, 6) is -0.557. The average molecular weight is 450 g/mol. The Bertz CT molecular complexity index is 1430. The fourth-order valence-corrected chi connectivity index (χ4v) is 4.68. The Morgan fingerprint density at radius 1 is 1.34 bits per heavy atom. The quantitative estimate of drug-likeness (QED) is 0.498. The second-order valence-corrected chi connectivity index (χ2v) is 8.44. The van der Waals surface area contributed by atoms with Crippen LogP contribution in [0, 0.1) is 24.1 Å². The van der Waals surface area contributed by atoms with Crippen LogP contribution in [0.3, 0.4) is 0 Å². The number of hydrogen-bond donors (Lipinski definition) is 1. The number of hydrogen-bond acceptors (Lipinski definition) is 6. The Balaban J connectivity index is 1.80. The molecule has 0 saturated heterocycles. The molecule has 0 spiro atoms. The van der Waals surface area contributed by atoms with Crippen LogP contribution in [0.15, 0.2) is 41.6 Å². The number of rotatable bonds is 5. The largest absolute Gasteiger partial charge is 0.308 e. The van der Waals surface area contributed by atoms with Gasteiger partial charge in [0.05, 0.1) is 17.9 Å². The van der Waals surface area contributed by atoms with E-state index in [0.717, 1.165) is 4.88 Å². The van der Waals surface area contributed by atoms with Crippen LogP contribution < -0.4 is 10.9 Å². The fourth-order valence-electron chi connectivity index (χ4n) is 3.68. The summed E-state index contributed by atoms with van der Waals surface area (Å²) >= 11 is 1.37. The molecule has 0 aliphatic carbocycles. The van der Waals surface area contributed by atoms with E-state index >= 15 is 0 Å². The van der Waals surface area contributed by atoms with Crippen LogP contribution in [-0.4, -0.2) is 25.2 Å². The second kappa shape index (κ2) is 8.36.